The number of aliphatic hydroxyl groups is 1. The van der Waals surface area contributed by atoms with Crippen LogP contribution in [0.3, 0.4) is 0 Å². The Morgan fingerprint density at radius 2 is 2.05 bits per heavy atom. The van der Waals surface area contributed by atoms with Gasteiger partial charge < -0.3 is 20.2 Å². The molecule has 2 N–H and O–H groups in total. The maximum Gasteiger partial charge on any atom is 0.272 e. The summed E-state index contributed by atoms with van der Waals surface area (Å²) in [4.78, 5) is 27.8. The van der Waals surface area contributed by atoms with Gasteiger partial charge in [0, 0.05) is 12.7 Å². The highest BCUT2D eigenvalue weighted by atomic mass is 79.9. The molecule has 0 radical (unpaired) electrons. The lowest BCUT2D eigenvalue weighted by Gasteiger charge is -2.38. The minimum atomic E-state index is -1.05. The average Bonchev–Trinajstić information content (AvgIpc) is 2.93. The predicted molar refractivity (Wildman–Crippen MR) is 83.0 cm³/mol. The zero-order valence-corrected chi connectivity index (χ0v) is 13.4. The number of alkyl halides is 1. The number of likely N-dealkylation sites (N-methyl/N-ethyl adjacent to an activating group) is 1. The van der Waals surface area contributed by atoms with E-state index in [9.17, 15) is 14.7 Å². The number of benzene rings is 1. The Balaban J connectivity index is 1.90. The summed E-state index contributed by atoms with van der Waals surface area (Å²) in [7, 11) is 1.50. The molecule has 1 aromatic carbocycles. The topological polar surface area (TPSA) is 72.9 Å². The van der Waals surface area contributed by atoms with Crippen molar-refractivity contribution in [2.75, 3.05) is 12.4 Å². The lowest BCUT2D eigenvalue weighted by Crippen LogP contribution is -2.59. The number of fused-ring (bicyclic) bond motifs is 5. The molecule has 114 valence electrons. The molecule has 4 atom stereocenters. The fraction of sp³-hybridized carbons (Fsp3) is 0.333. The second-order valence-corrected chi connectivity index (χ2v) is 7.12. The van der Waals surface area contributed by atoms with E-state index in [1.165, 1.54) is 16.8 Å². The molecule has 0 aliphatic carbocycles. The van der Waals surface area contributed by atoms with E-state index < -0.39 is 22.6 Å². The van der Waals surface area contributed by atoms with Crippen molar-refractivity contribution in [2.24, 2.45) is 0 Å². The van der Waals surface area contributed by atoms with E-state index in [0.717, 1.165) is 11.3 Å². The van der Waals surface area contributed by atoms with Crippen LogP contribution >= 0.6 is 15.9 Å². The van der Waals surface area contributed by atoms with Crippen molar-refractivity contribution in [3.63, 3.8) is 0 Å². The summed E-state index contributed by atoms with van der Waals surface area (Å²) in [6.45, 7) is 3.69. The molecule has 7 heteroatoms. The Morgan fingerprint density at radius 1 is 1.36 bits per heavy atom. The first kappa shape index (κ1) is 13.8. The number of piperazine rings is 1. The quantitative estimate of drug-likeness (QED) is 0.522. The largest absolute Gasteiger partial charge is 0.388 e. The summed E-state index contributed by atoms with van der Waals surface area (Å²) in [5, 5.41) is 14.1. The average molecular weight is 364 g/mol. The van der Waals surface area contributed by atoms with Crippen LogP contribution in [0.2, 0.25) is 0 Å². The minimum Gasteiger partial charge on any atom is -0.388 e. The first-order chi connectivity index (χ1) is 10.4. The van der Waals surface area contributed by atoms with Crippen molar-refractivity contribution >= 4 is 33.4 Å². The van der Waals surface area contributed by atoms with E-state index in [4.69, 9.17) is 0 Å². The minimum absolute atomic E-state index is 0.114. The van der Waals surface area contributed by atoms with Gasteiger partial charge >= 0.3 is 0 Å². The third kappa shape index (κ3) is 1.34. The van der Waals surface area contributed by atoms with Gasteiger partial charge in [-0.3, -0.25) is 9.59 Å². The summed E-state index contributed by atoms with van der Waals surface area (Å²) in [6.07, 6.45) is -1.59. The smallest absolute Gasteiger partial charge is 0.272 e. The van der Waals surface area contributed by atoms with Crippen LogP contribution in [0.4, 0.5) is 5.69 Å². The molecule has 3 heterocycles. The number of para-hydroxylation sites is 1. The number of rotatable bonds is 0. The molecule has 0 saturated carbocycles. The van der Waals surface area contributed by atoms with E-state index in [0.29, 0.717) is 0 Å². The summed E-state index contributed by atoms with van der Waals surface area (Å²) in [5.74, 6) is -0.678. The first-order valence-corrected chi connectivity index (χ1v) is 7.70. The monoisotopic (exact) mass is 363 g/mol. The normalized spacial score (nSPS) is 36.1. The zero-order chi connectivity index (χ0) is 15.8. The molecular formula is C15H14BrN3O3. The number of hydrogen-bond donors (Lipinski definition) is 2. The molecule has 3 aliphatic heterocycles. The van der Waals surface area contributed by atoms with Crippen molar-refractivity contribution < 1.29 is 14.7 Å². The van der Waals surface area contributed by atoms with Gasteiger partial charge in [-0.05, 0) is 11.6 Å². The third-order valence-electron chi connectivity index (χ3n) is 4.81. The van der Waals surface area contributed by atoms with Crippen LogP contribution in [0.25, 0.3) is 0 Å². The molecule has 0 spiro atoms. The lowest BCUT2D eigenvalue weighted by molar-refractivity contribution is -0.151. The Morgan fingerprint density at radius 3 is 2.77 bits per heavy atom. The van der Waals surface area contributed by atoms with Gasteiger partial charge in [-0.1, -0.05) is 40.7 Å². The zero-order valence-electron chi connectivity index (χ0n) is 11.8. The van der Waals surface area contributed by atoms with Gasteiger partial charge in [0.15, 0.2) is 0 Å². The van der Waals surface area contributed by atoms with Crippen LogP contribution in [0.15, 0.2) is 36.5 Å². The van der Waals surface area contributed by atoms with Crippen molar-refractivity contribution in [1.82, 2.24) is 9.80 Å². The molecule has 6 nitrogen and oxygen atoms in total. The standard InChI is InChI=1S/C15H14BrN3O3/c1-7-12(21)19-10(13(22)18(7)2)11(20)15(16)8-5-3-4-6-9(8)17-14(15)19/h3-6,10-11,14,17,20H,1H2,2H3. The number of nitrogens with one attached hydrogen (secondary N) is 1. The van der Waals surface area contributed by atoms with Crippen molar-refractivity contribution in [2.45, 2.75) is 22.6 Å². The Bertz CT molecular complexity index is 736. The van der Waals surface area contributed by atoms with Crippen LogP contribution in [0.1, 0.15) is 5.56 Å². The van der Waals surface area contributed by atoms with Crippen molar-refractivity contribution in [3.8, 4) is 0 Å². The van der Waals surface area contributed by atoms with Crippen molar-refractivity contribution in [1.29, 1.82) is 0 Å². The fourth-order valence-electron chi connectivity index (χ4n) is 3.60. The number of aliphatic hydroxyl groups excluding tert-OH is 1. The lowest BCUT2D eigenvalue weighted by atomic mass is 9.92. The summed E-state index contributed by atoms with van der Waals surface area (Å²) >= 11 is 3.62. The number of carbonyl (C=O) groups excluding carboxylic acids is 2. The Kier molecular flexibility index (Phi) is 2.57. The Hall–Kier alpha value is -1.86. The number of hydrogen-bond acceptors (Lipinski definition) is 4. The number of carbonyl (C=O) groups is 2. The van der Waals surface area contributed by atoms with E-state index in [1.54, 1.807) is 0 Å². The number of anilines is 1. The maximum absolute atomic E-state index is 12.6. The SMILES string of the molecule is C=C1C(=O)N2C(C(=O)N1C)C(O)C1(Br)c3ccccc3NC21. The molecule has 1 aromatic rings. The van der Waals surface area contributed by atoms with Crippen LogP contribution in [-0.2, 0) is 13.9 Å². The molecule has 2 amide bonds. The van der Waals surface area contributed by atoms with Crippen LogP contribution in [-0.4, -0.2) is 52.1 Å². The van der Waals surface area contributed by atoms with Crippen LogP contribution < -0.4 is 5.32 Å². The van der Waals surface area contributed by atoms with E-state index >= 15 is 0 Å². The summed E-state index contributed by atoms with van der Waals surface area (Å²) < 4.78 is -0.912. The molecule has 0 aromatic heterocycles. The van der Waals surface area contributed by atoms with Gasteiger partial charge in [0.2, 0.25) is 0 Å². The molecule has 0 bridgehead atoms. The van der Waals surface area contributed by atoms with E-state index in [-0.39, 0.29) is 17.5 Å². The molecule has 4 rings (SSSR count). The molecule has 4 unspecified atom stereocenters. The predicted octanol–water partition coefficient (Wildman–Crippen LogP) is 0.586. The van der Waals surface area contributed by atoms with Crippen LogP contribution in [0, 0.1) is 0 Å². The maximum atomic E-state index is 12.6. The van der Waals surface area contributed by atoms with Gasteiger partial charge in [0.25, 0.3) is 11.8 Å². The third-order valence-corrected chi connectivity index (χ3v) is 6.14. The first-order valence-electron chi connectivity index (χ1n) is 6.91. The van der Waals surface area contributed by atoms with Gasteiger partial charge in [-0.25, -0.2) is 0 Å². The van der Waals surface area contributed by atoms with Gasteiger partial charge in [-0.15, -0.1) is 0 Å². The highest BCUT2D eigenvalue weighted by Gasteiger charge is 2.67. The highest BCUT2D eigenvalue weighted by Crippen LogP contribution is 2.56. The van der Waals surface area contributed by atoms with E-state index in [1.807, 2.05) is 24.3 Å². The molecule has 3 aliphatic rings. The van der Waals surface area contributed by atoms with Gasteiger partial charge in [-0.2, -0.15) is 0 Å². The van der Waals surface area contributed by atoms with Gasteiger partial charge in [0.1, 0.15) is 28.3 Å². The highest BCUT2D eigenvalue weighted by molar-refractivity contribution is 9.09. The molecule has 22 heavy (non-hydrogen) atoms. The molecule has 2 fully saturated rings. The summed E-state index contributed by atoms with van der Waals surface area (Å²) in [6, 6.07) is 6.59. The summed E-state index contributed by atoms with van der Waals surface area (Å²) in [5.41, 5.74) is 1.80. The Labute approximate surface area is 135 Å². The second kappa shape index (κ2) is 4.11. The number of nitrogens with zero attached hydrogens (tertiary/aromatic N) is 2. The second-order valence-electron chi connectivity index (χ2n) is 5.81. The van der Waals surface area contributed by atoms with Crippen molar-refractivity contribution in [3.05, 3.63) is 42.1 Å². The van der Waals surface area contributed by atoms with Gasteiger partial charge in [0.05, 0.1) is 0 Å². The molecular weight excluding hydrogens is 350 g/mol. The van der Waals surface area contributed by atoms with Crippen LogP contribution in [0.5, 0.6) is 0 Å². The van der Waals surface area contributed by atoms with E-state index in [2.05, 4.69) is 27.8 Å². The fourth-order valence-corrected chi connectivity index (χ4v) is 4.53. The number of amides is 2. The number of halogens is 1. The molecule has 2 saturated heterocycles.